The number of aliphatic imine (C=N–C) groups is 2. The zero-order chi connectivity index (χ0) is 7.78. The Hall–Kier alpha value is 0.580. The molecule has 0 radical (unpaired) electrons. The highest BCUT2D eigenvalue weighted by Crippen LogP contribution is 2.24. The van der Waals surface area contributed by atoms with Crippen molar-refractivity contribution in [2.75, 3.05) is 0 Å². The van der Waals surface area contributed by atoms with Gasteiger partial charge < -0.3 is 5.32 Å². The van der Waals surface area contributed by atoms with Crippen molar-refractivity contribution in [3.8, 4) is 0 Å². The lowest BCUT2D eigenvalue weighted by molar-refractivity contribution is 0.730. The topological polar surface area (TPSA) is 36.8 Å². The largest absolute Gasteiger partial charge is 0.313 e. The Morgan fingerprint density at radius 1 is 1.30 bits per heavy atom. The van der Waals surface area contributed by atoms with Crippen molar-refractivity contribution in [2.45, 2.75) is 11.5 Å². The SMILES string of the molecule is CC1(Br)N=C(Br)NC(Br)=N1. The maximum atomic E-state index is 4.09. The molecule has 1 N–H and O–H groups in total. The summed E-state index contributed by atoms with van der Waals surface area (Å²) in [6, 6.07) is 0. The Bertz CT molecular complexity index is 188. The van der Waals surface area contributed by atoms with Crippen LogP contribution in [0.3, 0.4) is 0 Å². The molecule has 1 heterocycles. The molecule has 0 amide bonds. The number of nitrogens with one attached hydrogen (secondary N) is 1. The summed E-state index contributed by atoms with van der Waals surface area (Å²) in [4.78, 5) is 8.17. The Labute approximate surface area is 83.8 Å². The highest BCUT2D eigenvalue weighted by atomic mass is 79.9. The number of alkyl halides is 1. The molecule has 0 aliphatic carbocycles. The van der Waals surface area contributed by atoms with Crippen LogP contribution < -0.4 is 5.32 Å². The summed E-state index contributed by atoms with van der Waals surface area (Å²) in [6.45, 7) is 1.84. The number of hydrogen-bond acceptors (Lipinski definition) is 3. The molecule has 0 bridgehead atoms. The van der Waals surface area contributed by atoms with E-state index < -0.39 is 4.57 Å². The van der Waals surface area contributed by atoms with Gasteiger partial charge >= 0.3 is 0 Å². The van der Waals surface area contributed by atoms with Crippen LogP contribution in [-0.4, -0.2) is 14.1 Å². The minimum Gasteiger partial charge on any atom is -0.313 e. The van der Waals surface area contributed by atoms with Crippen LogP contribution in [0.2, 0.25) is 0 Å². The van der Waals surface area contributed by atoms with E-state index in [1.807, 2.05) is 6.92 Å². The Morgan fingerprint density at radius 2 is 1.70 bits per heavy atom. The van der Waals surface area contributed by atoms with Crippen LogP contribution in [0.4, 0.5) is 0 Å². The van der Waals surface area contributed by atoms with Crippen molar-refractivity contribution in [2.24, 2.45) is 9.98 Å². The first-order chi connectivity index (χ1) is 4.49. The van der Waals surface area contributed by atoms with Crippen LogP contribution in [0.15, 0.2) is 9.98 Å². The smallest absolute Gasteiger partial charge is 0.208 e. The quantitative estimate of drug-likeness (QED) is 0.535. The summed E-state index contributed by atoms with van der Waals surface area (Å²) in [5.74, 6) is 0. The van der Waals surface area contributed by atoms with E-state index in [0.717, 1.165) is 0 Å². The maximum absolute atomic E-state index is 4.09. The third-order valence-corrected chi connectivity index (χ3v) is 1.92. The Kier molecular flexibility index (Phi) is 2.52. The summed E-state index contributed by atoms with van der Waals surface area (Å²) in [6.07, 6.45) is 0. The van der Waals surface area contributed by atoms with E-state index in [0.29, 0.717) is 9.49 Å². The van der Waals surface area contributed by atoms with Crippen molar-refractivity contribution in [3.63, 3.8) is 0 Å². The van der Waals surface area contributed by atoms with Crippen LogP contribution in [0.1, 0.15) is 6.92 Å². The molecule has 0 aromatic carbocycles. The van der Waals surface area contributed by atoms with E-state index in [2.05, 4.69) is 63.1 Å². The lowest BCUT2D eigenvalue weighted by atomic mass is 10.6. The molecule has 1 rings (SSSR count). The van der Waals surface area contributed by atoms with Crippen LogP contribution in [-0.2, 0) is 0 Å². The second kappa shape index (κ2) is 2.91. The summed E-state index contributed by atoms with van der Waals surface area (Å²) in [5, 5.41) is 2.84. The molecular formula is C4H4Br3N3. The standard InChI is InChI=1S/C4H4Br3N3/c1-4(7)9-2(5)8-3(6)10-4/h1H3,(H,8,9,10). The second-order valence-corrected chi connectivity index (χ2v) is 4.84. The fraction of sp³-hybridized carbons (Fsp3) is 0.500. The molecule has 1 aliphatic heterocycles. The van der Waals surface area contributed by atoms with Gasteiger partial charge in [-0.05, 0) is 54.7 Å². The van der Waals surface area contributed by atoms with Crippen molar-refractivity contribution >= 4 is 57.3 Å². The highest BCUT2D eigenvalue weighted by molar-refractivity contribution is 9.19. The fourth-order valence-electron chi connectivity index (χ4n) is 0.524. The van der Waals surface area contributed by atoms with Gasteiger partial charge in [0.25, 0.3) is 0 Å². The van der Waals surface area contributed by atoms with Gasteiger partial charge in [-0.25, -0.2) is 9.98 Å². The van der Waals surface area contributed by atoms with E-state index in [1.165, 1.54) is 0 Å². The first kappa shape index (κ1) is 8.67. The third kappa shape index (κ3) is 2.32. The minimum atomic E-state index is -0.546. The van der Waals surface area contributed by atoms with Gasteiger partial charge in [-0.1, -0.05) is 0 Å². The lowest BCUT2D eigenvalue weighted by Gasteiger charge is -2.18. The average molecular weight is 334 g/mol. The van der Waals surface area contributed by atoms with Crippen LogP contribution in [0.5, 0.6) is 0 Å². The first-order valence-corrected chi connectivity index (χ1v) is 4.84. The van der Waals surface area contributed by atoms with Gasteiger partial charge in [0.1, 0.15) is 0 Å². The van der Waals surface area contributed by atoms with Crippen LogP contribution in [0, 0.1) is 0 Å². The number of hydrogen-bond donors (Lipinski definition) is 1. The number of nitrogens with zero attached hydrogens (tertiary/aromatic N) is 2. The van der Waals surface area contributed by atoms with Gasteiger partial charge in [-0.3, -0.25) is 0 Å². The highest BCUT2D eigenvalue weighted by Gasteiger charge is 2.22. The van der Waals surface area contributed by atoms with E-state index in [-0.39, 0.29) is 0 Å². The Morgan fingerprint density at radius 3 is 2.00 bits per heavy atom. The van der Waals surface area contributed by atoms with Gasteiger partial charge in [0, 0.05) is 0 Å². The molecule has 0 unspecified atom stereocenters. The third-order valence-electron chi connectivity index (χ3n) is 0.811. The van der Waals surface area contributed by atoms with Crippen molar-refractivity contribution < 1.29 is 0 Å². The second-order valence-electron chi connectivity index (χ2n) is 1.84. The zero-order valence-electron chi connectivity index (χ0n) is 5.03. The monoisotopic (exact) mass is 331 g/mol. The van der Waals surface area contributed by atoms with Gasteiger partial charge in [-0.15, -0.1) is 0 Å². The summed E-state index contributed by atoms with van der Waals surface area (Å²) < 4.78 is 0.776. The van der Waals surface area contributed by atoms with Gasteiger partial charge in [0.05, 0.1) is 0 Å². The van der Waals surface area contributed by atoms with E-state index >= 15 is 0 Å². The average Bonchev–Trinajstić information content (AvgIpc) is 1.54. The Balaban J connectivity index is 2.88. The van der Waals surface area contributed by atoms with Gasteiger partial charge in [-0.2, -0.15) is 0 Å². The predicted octanol–water partition coefficient (Wildman–Crippen LogP) is 2.16. The normalized spacial score (nSPS) is 22.8. The molecule has 1 aliphatic rings. The fourth-order valence-corrected chi connectivity index (χ4v) is 2.69. The molecule has 6 heteroatoms. The number of rotatable bonds is 0. The number of amidine groups is 2. The van der Waals surface area contributed by atoms with Crippen LogP contribution in [0.25, 0.3) is 0 Å². The molecule has 0 aromatic heterocycles. The van der Waals surface area contributed by atoms with E-state index in [1.54, 1.807) is 0 Å². The first-order valence-electron chi connectivity index (χ1n) is 2.46. The molecule has 0 spiro atoms. The molecular weight excluding hydrogens is 330 g/mol. The maximum Gasteiger partial charge on any atom is 0.208 e. The number of halogens is 3. The molecule has 0 saturated carbocycles. The predicted molar refractivity (Wildman–Crippen MR) is 53.2 cm³/mol. The molecule has 0 fully saturated rings. The molecule has 3 nitrogen and oxygen atoms in total. The minimum absolute atomic E-state index is 0.546. The molecule has 0 saturated heterocycles. The zero-order valence-corrected chi connectivity index (χ0v) is 9.79. The summed E-state index contributed by atoms with van der Waals surface area (Å²) in [7, 11) is 0. The molecule has 0 atom stereocenters. The van der Waals surface area contributed by atoms with Gasteiger partial charge in [0.15, 0.2) is 9.49 Å². The summed E-state index contributed by atoms with van der Waals surface area (Å²) >= 11 is 9.70. The van der Waals surface area contributed by atoms with Crippen molar-refractivity contribution in [1.29, 1.82) is 0 Å². The van der Waals surface area contributed by atoms with Crippen molar-refractivity contribution in [1.82, 2.24) is 5.32 Å². The van der Waals surface area contributed by atoms with Gasteiger partial charge in [0.2, 0.25) is 4.57 Å². The lowest BCUT2D eigenvalue weighted by Crippen LogP contribution is -2.31. The summed E-state index contributed by atoms with van der Waals surface area (Å²) in [5.41, 5.74) is 0. The van der Waals surface area contributed by atoms with Crippen LogP contribution >= 0.6 is 47.8 Å². The molecule has 0 aromatic rings. The van der Waals surface area contributed by atoms with Crippen molar-refractivity contribution in [3.05, 3.63) is 0 Å². The molecule has 10 heavy (non-hydrogen) atoms. The molecule has 56 valence electrons. The van der Waals surface area contributed by atoms with E-state index in [4.69, 9.17) is 0 Å². The van der Waals surface area contributed by atoms with E-state index in [9.17, 15) is 0 Å².